The normalized spacial score (nSPS) is 15.6. The van der Waals surface area contributed by atoms with Gasteiger partial charge in [-0.3, -0.25) is 15.0 Å². The lowest BCUT2D eigenvalue weighted by molar-refractivity contribution is -0.132. The Bertz CT molecular complexity index is 1200. The van der Waals surface area contributed by atoms with Gasteiger partial charge < -0.3 is 19.5 Å². The molecule has 176 valence electrons. The molecule has 1 aliphatic rings. The summed E-state index contributed by atoms with van der Waals surface area (Å²) in [4.78, 5) is 26.4. The highest BCUT2D eigenvalue weighted by molar-refractivity contribution is 9.10. The fraction of sp³-hybridized carbons (Fsp3) is 0.200. The molecule has 8 nitrogen and oxygen atoms in total. The minimum Gasteiger partial charge on any atom is -0.493 e. The van der Waals surface area contributed by atoms with E-state index in [0.29, 0.717) is 34.1 Å². The van der Waals surface area contributed by atoms with Crippen LogP contribution in [-0.2, 0) is 4.79 Å². The van der Waals surface area contributed by atoms with Crippen LogP contribution < -0.4 is 25.0 Å². The van der Waals surface area contributed by atoms with Gasteiger partial charge in [-0.1, -0.05) is 34.1 Å². The predicted octanol–water partition coefficient (Wildman–Crippen LogP) is 4.53. The van der Waals surface area contributed by atoms with Crippen molar-refractivity contribution >= 4 is 33.4 Å². The molecule has 3 aromatic carbocycles. The molecule has 0 bridgehead atoms. The molecule has 0 unspecified atom stereocenters. The van der Waals surface area contributed by atoms with Crippen LogP contribution in [-0.4, -0.2) is 37.1 Å². The zero-order chi connectivity index (χ0) is 24.2. The highest BCUT2D eigenvalue weighted by Crippen LogP contribution is 2.36. The molecule has 0 fully saturated rings. The van der Waals surface area contributed by atoms with Gasteiger partial charge in [-0.2, -0.15) is 0 Å². The molecule has 4 rings (SSSR count). The molecule has 0 spiro atoms. The Morgan fingerprint density at radius 2 is 1.74 bits per heavy atom. The molecule has 2 amide bonds. The Hall–Kier alpha value is -3.72. The molecule has 0 saturated heterocycles. The highest BCUT2D eigenvalue weighted by Gasteiger charge is 2.35. The molecule has 1 aliphatic heterocycles. The van der Waals surface area contributed by atoms with Crippen molar-refractivity contribution in [2.45, 2.75) is 19.2 Å². The van der Waals surface area contributed by atoms with Crippen molar-refractivity contribution in [3.8, 4) is 17.2 Å². The Morgan fingerprint density at radius 1 is 1.03 bits per heavy atom. The summed E-state index contributed by atoms with van der Waals surface area (Å²) in [7, 11) is 3.09. The lowest BCUT2D eigenvalue weighted by Gasteiger charge is -2.38. The minimum absolute atomic E-state index is 0.349. The summed E-state index contributed by atoms with van der Waals surface area (Å²) in [6.45, 7) is 1.62. The van der Waals surface area contributed by atoms with Crippen molar-refractivity contribution in [2.24, 2.45) is 0 Å². The number of fused-ring (bicyclic) bond motifs is 1. The second-order valence-electron chi connectivity index (χ2n) is 7.57. The van der Waals surface area contributed by atoms with Gasteiger partial charge in [0.05, 0.1) is 19.8 Å². The summed E-state index contributed by atoms with van der Waals surface area (Å²) in [5.41, 5.74) is 4.54. The third kappa shape index (κ3) is 4.79. The molecule has 2 atom stereocenters. The number of ether oxygens (including phenoxy) is 3. The number of carbonyl (C=O) groups is 2. The van der Waals surface area contributed by atoms with Gasteiger partial charge in [0.1, 0.15) is 11.9 Å². The number of hydrogen-bond acceptors (Lipinski definition) is 6. The maximum Gasteiger partial charge on any atom is 0.279 e. The molecule has 1 heterocycles. The van der Waals surface area contributed by atoms with Crippen molar-refractivity contribution in [3.05, 3.63) is 82.3 Å². The summed E-state index contributed by atoms with van der Waals surface area (Å²) < 4.78 is 17.4. The highest BCUT2D eigenvalue weighted by atomic mass is 79.9. The van der Waals surface area contributed by atoms with Crippen molar-refractivity contribution in [2.75, 3.05) is 19.5 Å². The van der Waals surface area contributed by atoms with Crippen LogP contribution >= 0.6 is 15.9 Å². The molecule has 2 N–H and O–H groups in total. The zero-order valence-electron chi connectivity index (χ0n) is 18.9. The number of carbonyl (C=O) groups excluding carboxylic acids is 2. The van der Waals surface area contributed by atoms with Crippen LogP contribution in [0.15, 0.2) is 71.2 Å². The van der Waals surface area contributed by atoms with Gasteiger partial charge >= 0.3 is 0 Å². The van der Waals surface area contributed by atoms with E-state index < -0.39 is 18.2 Å². The number of rotatable bonds is 7. The summed E-state index contributed by atoms with van der Waals surface area (Å²) >= 11 is 3.37. The second kappa shape index (κ2) is 10.0. The van der Waals surface area contributed by atoms with Gasteiger partial charge in [0.25, 0.3) is 11.8 Å². The van der Waals surface area contributed by atoms with Crippen molar-refractivity contribution < 1.29 is 23.8 Å². The van der Waals surface area contributed by atoms with E-state index >= 15 is 0 Å². The summed E-state index contributed by atoms with van der Waals surface area (Å²) in [6, 6.07) is 19.6. The van der Waals surface area contributed by atoms with Gasteiger partial charge in [0, 0.05) is 15.7 Å². The summed E-state index contributed by atoms with van der Waals surface area (Å²) in [5, 5.41) is 4.60. The third-order valence-electron chi connectivity index (χ3n) is 5.38. The number of methoxy groups -OCH3 is 2. The number of hydrogen-bond donors (Lipinski definition) is 2. The molecule has 3 aromatic rings. The van der Waals surface area contributed by atoms with Gasteiger partial charge in [-0.25, -0.2) is 5.01 Å². The lowest BCUT2D eigenvalue weighted by atomic mass is 10.0. The number of nitrogens with zero attached hydrogens (tertiary/aromatic N) is 1. The quantitative estimate of drug-likeness (QED) is 0.471. The van der Waals surface area contributed by atoms with Crippen LogP contribution in [0.5, 0.6) is 17.2 Å². The first-order valence-electron chi connectivity index (χ1n) is 10.5. The van der Waals surface area contributed by atoms with E-state index in [2.05, 4.69) is 26.7 Å². The van der Waals surface area contributed by atoms with Crippen molar-refractivity contribution in [3.63, 3.8) is 0 Å². The maximum atomic E-state index is 13.4. The molecule has 9 heteroatoms. The Balaban J connectivity index is 1.62. The van der Waals surface area contributed by atoms with E-state index in [4.69, 9.17) is 14.2 Å². The first-order valence-corrected chi connectivity index (χ1v) is 11.3. The fourth-order valence-corrected chi connectivity index (χ4v) is 3.87. The summed E-state index contributed by atoms with van der Waals surface area (Å²) in [6.07, 6.45) is -1.54. The number of benzene rings is 3. The molecule has 0 radical (unpaired) electrons. The van der Waals surface area contributed by atoms with E-state index in [0.717, 1.165) is 4.47 Å². The molecule has 34 heavy (non-hydrogen) atoms. The number of hydrazine groups is 1. The van der Waals surface area contributed by atoms with Gasteiger partial charge in [-0.05, 0) is 55.5 Å². The molecule has 0 aromatic heterocycles. The third-order valence-corrected chi connectivity index (χ3v) is 5.91. The van der Waals surface area contributed by atoms with Crippen LogP contribution in [0.25, 0.3) is 0 Å². The predicted molar refractivity (Wildman–Crippen MR) is 131 cm³/mol. The van der Waals surface area contributed by atoms with E-state index in [1.54, 1.807) is 56.5 Å². The molecular weight excluding hydrogens is 502 g/mol. The Morgan fingerprint density at radius 3 is 2.44 bits per heavy atom. The average molecular weight is 526 g/mol. The van der Waals surface area contributed by atoms with Crippen LogP contribution in [0.4, 0.5) is 5.69 Å². The number of halogens is 1. The number of amides is 2. The zero-order valence-corrected chi connectivity index (χ0v) is 20.5. The topological polar surface area (TPSA) is 89.1 Å². The first-order chi connectivity index (χ1) is 16.4. The fourth-order valence-electron chi connectivity index (χ4n) is 3.61. The standard InChI is InChI=1S/C25H24BrN3O5/c1-15(34-18-11-9-17(26)10-12-18)24(30)28-29-23(16-8-13-21(32-2)22(14-16)33-3)27-20-7-5-4-6-19(20)25(29)31/h4-15,23,27H,1-3H3,(H,28,30)/t15-,23-/m0/s1. The smallest absolute Gasteiger partial charge is 0.279 e. The largest absolute Gasteiger partial charge is 0.493 e. The monoisotopic (exact) mass is 525 g/mol. The SMILES string of the molecule is COc1ccc([C@H]2Nc3ccccc3C(=O)N2NC(=O)[C@H](C)Oc2ccc(Br)cc2)cc1OC. The van der Waals surface area contributed by atoms with Crippen LogP contribution in [0.1, 0.15) is 29.0 Å². The average Bonchev–Trinajstić information content (AvgIpc) is 2.86. The second-order valence-corrected chi connectivity index (χ2v) is 8.49. The first kappa shape index (κ1) is 23.4. The van der Waals surface area contributed by atoms with E-state index in [-0.39, 0.29) is 5.91 Å². The van der Waals surface area contributed by atoms with E-state index in [1.807, 2.05) is 24.3 Å². The molecular formula is C25H24BrN3O5. The number of anilines is 1. The number of para-hydroxylation sites is 1. The van der Waals surface area contributed by atoms with Crippen LogP contribution in [0.2, 0.25) is 0 Å². The van der Waals surface area contributed by atoms with E-state index in [1.165, 1.54) is 12.1 Å². The lowest BCUT2D eigenvalue weighted by Crippen LogP contribution is -2.55. The minimum atomic E-state index is -0.850. The van der Waals surface area contributed by atoms with Gasteiger partial charge in [0.2, 0.25) is 0 Å². The van der Waals surface area contributed by atoms with Gasteiger partial charge in [-0.15, -0.1) is 0 Å². The maximum absolute atomic E-state index is 13.4. The number of nitrogens with one attached hydrogen (secondary N) is 2. The summed E-state index contributed by atoms with van der Waals surface area (Å²) in [5.74, 6) is 0.782. The molecule has 0 aliphatic carbocycles. The van der Waals surface area contributed by atoms with E-state index in [9.17, 15) is 9.59 Å². The Labute approximate surface area is 205 Å². The Kier molecular flexibility index (Phi) is 6.93. The van der Waals surface area contributed by atoms with Crippen molar-refractivity contribution in [1.82, 2.24) is 10.4 Å². The molecule has 0 saturated carbocycles. The van der Waals surface area contributed by atoms with Crippen molar-refractivity contribution in [1.29, 1.82) is 0 Å². The van der Waals surface area contributed by atoms with Crippen LogP contribution in [0, 0.1) is 0 Å². The van der Waals surface area contributed by atoms with Crippen LogP contribution in [0.3, 0.4) is 0 Å². The van der Waals surface area contributed by atoms with Gasteiger partial charge in [0.15, 0.2) is 17.6 Å².